The lowest BCUT2D eigenvalue weighted by atomic mass is 10.2. The molecule has 0 saturated carbocycles. The smallest absolute Gasteiger partial charge is 0.425 e. The molecule has 2 amide bonds. The molecule has 1 aromatic heterocycles. The van der Waals surface area contributed by atoms with E-state index in [0.29, 0.717) is 0 Å². The number of hydrogen-bond donors (Lipinski definition) is 0. The summed E-state index contributed by atoms with van der Waals surface area (Å²) in [5, 5.41) is 0. The minimum atomic E-state index is -0.832. The molecule has 0 atom stereocenters. The predicted molar refractivity (Wildman–Crippen MR) is 91.6 cm³/mol. The Kier molecular flexibility index (Phi) is 5.79. The Balaban J connectivity index is 3.22. The van der Waals surface area contributed by atoms with Crippen molar-refractivity contribution in [3.63, 3.8) is 0 Å². The van der Waals surface area contributed by atoms with Crippen LogP contribution in [0, 0.1) is 6.92 Å². The van der Waals surface area contributed by atoms with Crippen molar-refractivity contribution in [2.75, 3.05) is 4.90 Å². The molecule has 7 heteroatoms. The second kappa shape index (κ2) is 6.86. The molecule has 0 aliphatic rings. The van der Waals surface area contributed by atoms with Gasteiger partial charge in [-0.2, -0.15) is 4.90 Å². The van der Waals surface area contributed by atoms with Gasteiger partial charge in [0, 0.05) is 10.7 Å². The zero-order chi connectivity index (χ0) is 18.0. The van der Waals surface area contributed by atoms with E-state index in [4.69, 9.17) is 9.47 Å². The topological polar surface area (TPSA) is 68.7 Å². The van der Waals surface area contributed by atoms with Gasteiger partial charge in [0.05, 0.1) is 0 Å². The molecule has 1 aromatic rings. The number of hydrogen-bond acceptors (Lipinski definition) is 5. The maximum Gasteiger partial charge on any atom is 0.425 e. The minimum absolute atomic E-state index is 0.147. The second-order valence-corrected chi connectivity index (χ2v) is 7.94. The summed E-state index contributed by atoms with van der Waals surface area (Å²) in [6, 6.07) is 1.61. The quantitative estimate of drug-likeness (QED) is 0.691. The van der Waals surface area contributed by atoms with Crippen LogP contribution in [0.1, 0.15) is 47.1 Å². The molecular weight excluding hydrogens is 364 g/mol. The Hall–Kier alpha value is -1.63. The number of aryl methyl sites for hydroxylation is 1. The molecule has 0 saturated heterocycles. The van der Waals surface area contributed by atoms with Gasteiger partial charge in [-0.1, -0.05) is 0 Å². The van der Waals surface area contributed by atoms with Gasteiger partial charge in [0.15, 0.2) is 0 Å². The van der Waals surface area contributed by atoms with E-state index in [1.165, 1.54) is 6.20 Å². The van der Waals surface area contributed by atoms with Crippen LogP contribution in [-0.2, 0) is 9.47 Å². The van der Waals surface area contributed by atoms with Crippen molar-refractivity contribution in [2.24, 2.45) is 0 Å². The first kappa shape index (κ1) is 19.4. The van der Waals surface area contributed by atoms with Crippen LogP contribution in [0.15, 0.2) is 16.7 Å². The zero-order valence-electron chi connectivity index (χ0n) is 14.6. The van der Waals surface area contributed by atoms with Crippen molar-refractivity contribution in [1.29, 1.82) is 0 Å². The van der Waals surface area contributed by atoms with Gasteiger partial charge in [0.2, 0.25) is 0 Å². The number of pyridine rings is 1. The van der Waals surface area contributed by atoms with Gasteiger partial charge in [0.1, 0.15) is 17.0 Å². The van der Waals surface area contributed by atoms with Crippen molar-refractivity contribution < 1.29 is 19.1 Å². The number of carbonyl (C=O) groups is 2. The summed E-state index contributed by atoms with van der Waals surface area (Å²) in [5.41, 5.74) is -0.670. The van der Waals surface area contributed by atoms with Crippen LogP contribution in [0.3, 0.4) is 0 Å². The number of halogens is 1. The van der Waals surface area contributed by atoms with E-state index >= 15 is 0 Å². The van der Waals surface area contributed by atoms with Crippen LogP contribution in [0.4, 0.5) is 15.4 Å². The molecule has 23 heavy (non-hydrogen) atoms. The van der Waals surface area contributed by atoms with E-state index in [1.54, 1.807) is 47.6 Å². The number of aromatic nitrogens is 1. The van der Waals surface area contributed by atoms with Crippen LogP contribution in [-0.4, -0.2) is 28.4 Å². The first-order valence-electron chi connectivity index (χ1n) is 7.18. The maximum absolute atomic E-state index is 12.4. The summed E-state index contributed by atoms with van der Waals surface area (Å²) in [7, 11) is 0. The highest BCUT2D eigenvalue weighted by molar-refractivity contribution is 9.10. The highest BCUT2D eigenvalue weighted by Gasteiger charge is 2.33. The number of rotatable bonds is 1. The Morgan fingerprint density at radius 2 is 1.48 bits per heavy atom. The number of amides is 2. The van der Waals surface area contributed by atoms with Gasteiger partial charge >= 0.3 is 12.2 Å². The molecule has 0 radical (unpaired) electrons. The average molecular weight is 387 g/mol. The summed E-state index contributed by atoms with van der Waals surface area (Å²) in [4.78, 5) is 29.8. The van der Waals surface area contributed by atoms with Gasteiger partial charge in [-0.3, -0.25) is 0 Å². The predicted octanol–water partition coefficient (Wildman–Crippen LogP) is 4.83. The van der Waals surface area contributed by atoms with Gasteiger partial charge in [-0.15, -0.1) is 0 Å². The minimum Gasteiger partial charge on any atom is -0.443 e. The van der Waals surface area contributed by atoms with Crippen LogP contribution < -0.4 is 4.90 Å². The SMILES string of the molecule is Cc1cc(N(C(=O)OC(C)(C)C)C(=O)OC(C)(C)C)ncc1Br. The van der Waals surface area contributed by atoms with Crippen molar-refractivity contribution in [1.82, 2.24) is 4.98 Å². The van der Waals surface area contributed by atoms with Gasteiger partial charge in [0.25, 0.3) is 0 Å². The monoisotopic (exact) mass is 386 g/mol. The molecule has 0 N–H and O–H groups in total. The van der Waals surface area contributed by atoms with Gasteiger partial charge in [-0.25, -0.2) is 14.6 Å². The highest BCUT2D eigenvalue weighted by atomic mass is 79.9. The van der Waals surface area contributed by atoms with Gasteiger partial charge < -0.3 is 9.47 Å². The molecule has 6 nitrogen and oxygen atoms in total. The Morgan fingerprint density at radius 1 is 1.04 bits per heavy atom. The third kappa shape index (κ3) is 6.17. The zero-order valence-corrected chi connectivity index (χ0v) is 16.1. The average Bonchev–Trinajstić information content (AvgIpc) is 2.29. The lowest BCUT2D eigenvalue weighted by molar-refractivity contribution is 0.0429. The normalized spacial score (nSPS) is 11.8. The molecule has 0 unspecified atom stereocenters. The van der Waals surface area contributed by atoms with Gasteiger partial charge in [-0.05, 0) is 76.0 Å². The summed E-state index contributed by atoms with van der Waals surface area (Å²) in [5.74, 6) is 0.147. The molecular formula is C16H23BrN2O4. The van der Waals surface area contributed by atoms with E-state index < -0.39 is 23.4 Å². The largest absolute Gasteiger partial charge is 0.443 e. The molecule has 0 aromatic carbocycles. The first-order valence-corrected chi connectivity index (χ1v) is 7.98. The summed E-state index contributed by atoms with van der Waals surface area (Å²) < 4.78 is 11.4. The summed E-state index contributed by atoms with van der Waals surface area (Å²) in [6.07, 6.45) is -0.145. The van der Waals surface area contributed by atoms with Crippen molar-refractivity contribution in [3.05, 3.63) is 22.3 Å². The molecule has 0 fully saturated rings. The molecule has 1 heterocycles. The maximum atomic E-state index is 12.4. The fourth-order valence-electron chi connectivity index (χ4n) is 1.52. The van der Waals surface area contributed by atoms with Crippen LogP contribution in [0.25, 0.3) is 0 Å². The van der Waals surface area contributed by atoms with Crippen LogP contribution >= 0.6 is 15.9 Å². The standard InChI is InChI=1S/C16H23BrN2O4/c1-10-8-12(18-9-11(10)17)19(13(20)22-15(2,3)4)14(21)23-16(5,6)7/h8-9H,1-7H3. The van der Waals surface area contributed by atoms with Crippen LogP contribution in [0.5, 0.6) is 0 Å². The lowest BCUT2D eigenvalue weighted by Gasteiger charge is -2.28. The molecule has 1 rings (SSSR count). The van der Waals surface area contributed by atoms with Crippen molar-refractivity contribution >= 4 is 33.9 Å². The molecule has 0 spiro atoms. The summed E-state index contributed by atoms with van der Waals surface area (Å²) in [6.45, 7) is 12.2. The lowest BCUT2D eigenvalue weighted by Crippen LogP contribution is -2.44. The number of anilines is 1. The van der Waals surface area contributed by atoms with Crippen molar-refractivity contribution in [3.8, 4) is 0 Å². The number of imide groups is 1. The first-order chi connectivity index (χ1) is 10.3. The molecule has 0 bridgehead atoms. The molecule has 128 valence electrons. The van der Waals surface area contributed by atoms with Crippen LogP contribution in [0.2, 0.25) is 0 Å². The van der Waals surface area contributed by atoms with E-state index in [1.807, 2.05) is 6.92 Å². The third-order valence-corrected chi connectivity index (χ3v) is 3.24. The van der Waals surface area contributed by atoms with E-state index in [0.717, 1.165) is 14.9 Å². The Labute approximate surface area is 145 Å². The fraction of sp³-hybridized carbons (Fsp3) is 0.562. The third-order valence-electron chi connectivity index (χ3n) is 2.41. The number of ether oxygens (including phenoxy) is 2. The van der Waals surface area contributed by atoms with E-state index in [2.05, 4.69) is 20.9 Å². The van der Waals surface area contributed by atoms with E-state index in [-0.39, 0.29) is 5.82 Å². The molecule has 0 aliphatic carbocycles. The Bertz CT molecular complexity index is 575. The number of nitrogens with zero attached hydrogens (tertiary/aromatic N) is 2. The Morgan fingerprint density at radius 3 is 1.83 bits per heavy atom. The summed E-state index contributed by atoms with van der Waals surface area (Å²) >= 11 is 3.34. The fourth-order valence-corrected chi connectivity index (χ4v) is 1.74. The number of carbonyl (C=O) groups excluding carboxylic acids is 2. The molecule has 0 aliphatic heterocycles. The van der Waals surface area contributed by atoms with E-state index in [9.17, 15) is 9.59 Å². The second-order valence-electron chi connectivity index (χ2n) is 7.09. The highest BCUT2D eigenvalue weighted by Crippen LogP contribution is 2.23. The van der Waals surface area contributed by atoms with Crippen molar-refractivity contribution in [2.45, 2.75) is 59.7 Å².